The van der Waals surface area contributed by atoms with Crippen LogP contribution in [0.15, 0.2) is 59.3 Å². The molecular weight excluding hydrogens is 406 g/mol. The molecule has 0 spiro atoms. The SMILES string of the molecule is Cc1ccccc1-n1ncc(-c2nnn(Cc3ccc(C#N)cc3)n2)c1Br. The third kappa shape index (κ3) is 3.37. The van der Waals surface area contributed by atoms with Crippen molar-refractivity contribution in [1.82, 2.24) is 30.0 Å². The summed E-state index contributed by atoms with van der Waals surface area (Å²) >= 11 is 3.60. The summed E-state index contributed by atoms with van der Waals surface area (Å²) in [5, 5.41) is 26.1. The molecule has 0 N–H and O–H groups in total. The fourth-order valence-corrected chi connectivity index (χ4v) is 3.28. The van der Waals surface area contributed by atoms with Gasteiger partial charge >= 0.3 is 0 Å². The quantitative estimate of drug-likeness (QED) is 0.505. The highest BCUT2D eigenvalue weighted by Gasteiger charge is 2.17. The lowest BCUT2D eigenvalue weighted by Gasteiger charge is -2.06. The maximum atomic E-state index is 8.87. The number of halogens is 1. The van der Waals surface area contributed by atoms with Gasteiger partial charge in [-0.05, 0) is 57.4 Å². The van der Waals surface area contributed by atoms with Crippen molar-refractivity contribution in [3.63, 3.8) is 0 Å². The molecule has 0 radical (unpaired) electrons. The molecule has 132 valence electrons. The van der Waals surface area contributed by atoms with Crippen molar-refractivity contribution in [3.8, 4) is 23.1 Å². The van der Waals surface area contributed by atoms with Crippen LogP contribution in [0.1, 0.15) is 16.7 Å². The van der Waals surface area contributed by atoms with Crippen molar-refractivity contribution in [3.05, 3.63) is 76.0 Å². The van der Waals surface area contributed by atoms with E-state index >= 15 is 0 Å². The molecule has 0 saturated heterocycles. The second kappa shape index (κ2) is 7.13. The monoisotopic (exact) mass is 419 g/mol. The van der Waals surface area contributed by atoms with Gasteiger partial charge in [-0.15, -0.1) is 10.2 Å². The Bertz CT molecular complexity index is 1140. The van der Waals surface area contributed by atoms with Gasteiger partial charge in [-0.1, -0.05) is 30.3 Å². The van der Waals surface area contributed by atoms with Crippen molar-refractivity contribution in [2.75, 3.05) is 0 Å². The van der Waals surface area contributed by atoms with Crippen molar-refractivity contribution in [1.29, 1.82) is 5.26 Å². The van der Waals surface area contributed by atoms with Gasteiger partial charge in [0.15, 0.2) is 0 Å². The average Bonchev–Trinajstić information content (AvgIpc) is 3.29. The van der Waals surface area contributed by atoms with Crippen LogP contribution < -0.4 is 0 Å². The summed E-state index contributed by atoms with van der Waals surface area (Å²) in [6.45, 7) is 2.51. The maximum absolute atomic E-state index is 8.87. The number of tetrazole rings is 1. The molecule has 2 aromatic carbocycles. The van der Waals surface area contributed by atoms with E-state index in [1.165, 1.54) is 4.80 Å². The average molecular weight is 420 g/mol. The van der Waals surface area contributed by atoms with Crippen molar-refractivity contribution in [2.45, 2.75) is 13.5 Å². The highest BCUT2D eigenvalue weighted by atomic mass is 79.9. The lowest BCUT2D eigenvalue weighted by Crippen LogP contribution is -2.04. The van der Waals surface area contributed by atoms with Gasteiger partial charge in [-0.3, -0.25) is 0 Å². The summed E-state index contributed by atoms with van der Waals surface area (Å²) in [7, 11) is 0. The highest BCUT2D eigenvalue weighted by molar-refractivity contribution is 9.10. The normalized spacial score (nSPS) is 10.7. The number of rotatable bonds is 4. The molecule has 0 aliphatic carbocycles. The van der Waals surface area contributed by atoms with Crippen LogP contribution in [0.4, 0.5) is 0 Å². The molecule has 0 saturated carbocycles. The summed E-state index contributed by atoms with van der Waals surface area (Å²) < 4.78 is 2.58. The van der Waals surface area contributed by atoms with Gasteiger partial charge in [0.1, 0.15) is 4.60 Å². The van der Waals surface area contributed by atoms with E-state index in [9.17, 15) is 0 Å². The highest BCUT2D eigenvalue weighted by Crippen LogP contribution is 2.28. The number of nitriles is 1. The largest absolute Gasteiger partial charge is 0.226 e. The lowest BCUT2D eigenvalue weighted by atomic mass is 10.1. The fourth-order valence-electron chi connectivity index (χ4n) is 2.72. The Morgan fingerprint density at radius 2 is 1.89 bits per heavy atom. The number of aryl methyl sites for hydroxylation is 1. The van der Waals surface area contributed by atoms with E-state index < -0.39 is 0 Å². The van der Waals surface area contributed by atoms with E-state index in [0.29, 0.717) is 17.9 Å². The Balaban J connectivity index is 1.60. The first-order chi connectivity index (χ1) is 13.2. The van der Waals surface area contributed by atoms with Crippen LogP contribution in [0.2, 0.25) is 0 Å². The molecule has 0 unspecified atom stereocenters. The number of benzene rings is 2. The van der Waals surface area contributed by atoms with Crippen LogP contribution in [-0.4, -0.2) is 30.0 Å². The Morgan fingerprint density at radius 1 is 1.11 bits per heavy atom. The Morgan fingerprint density at radius 3 is 2.63 bits per heavy atom. The first-order valence-corrected chi connectivity index (χ1v) is 9.02. The van der Waals surface area contributed by atoms with Gasteiger partial charge in [0.2, 0.25) is 5.82 Å². The number of aromatic nitrogens is 6. The lowest BCUT2D eigenvalue weighted by molar-refractivity contribution is 0.573. The molecule has 2 heterocycles. The second-order valence-electron chi connectivity index (χ2n) is 6.00. The van der Waals surface area contributed by atoms with Gasteiger partial charge in [0.25, 0.3) is 0 Å². The molecule has 0 aliphatic rings. The van der Waals surface area contributed by atoms with Gasteiger partial charge in [-0.25, -0.2) is 4.68 Å². The van der Waals surface area contributed by atoms with E-state index in [-0.39, 0.29) is 0 Å². The molecule has 2 aromatic heterocycles. The molecule has 0 aliphatic heterocycles. The summed E-state index contributed by atoms with van der Waals surface area (Å²) in [5.41, 5.74) is 4.49. The maximum Gasteiger partial charge on any atom is 0.209 e. The van der Waals surface area contributed by atoms with Crippen LogP contribution in [0.25, 0.3) is 17.1 Å². The van der Waals surface area contributed by atoms with E-state index in [2.05, 4.69) is 42.5 Å². The molecule has 0 atom stereocenters. The van der Waals surface area contributed by atoms with E-state index in [0.717, 1.165) is 27.0 Å². The van der Waals surface area contributed by atoms with Gasteiger partial charge in [0, 0.05) is 0 Å². The Kier molecular flexibility index (Phi) is 4.52. The predicted octanol–water partition coefficient (Wildman–Crippen LogP) is 3.52. The zero-order valence-electron chi connectivity index (χ0n) is 14.4. The standard InChI is InChI=1S/C19H14BrN7/c1-13-4-2-3-5-17(13)27-18(20)16(11-22-27)19-23-25-26(24-19)12-15-8-6-14(10-21)7-9-15/h2-9,11H,12H2,1H3. The predicted molar refractivity (Wildman–Crippen MR) is 103 cm³/mol. The number of para-hydroxylation sites is 1. The third-order valence-corrected chi connectivity index (χ3v) is 4.92. The first kappa shape index (κ1) is 17.1. The van der Waals surface area contributed by atoms with Crippen LogP contribution in [0.5, 0.6) is 0 Å². The molecule has 0 amide bonds. The number of nitrogens with zero attached hydrogens (tertiary/aromatic N) is 7. The molecular formula is C19H14BrN7. The minimum absolute atomic E-state index is 0.474. The molecule has 8 heteroatoms. The van der Waals surface area contributed by atoms with Crippen LogP contribution in [0, 0.1) is 18.3 Å². The van der Waals surface area contributed by atoms with Crippen LogP contribution in [-0.2, 0) is 6.54 Å². The summed E-state index contributed by atoms with van der Waals surface area (Å²) in [4.78, 5) is 1.52. The molecule has 4 aromatic rings. The number of hydrogen-bond donors (Lipinski definition) is 0. The van der Waals surface area contributed by atoms with E-state index in [1.54, 1.807) is 18.3 Å². The molecule has 7 nitrogen and oxygen atoms in total. The zero-order chi connectivity index (χ0) is 18.8. The minimum atomic E-state index is 0.474. The first-order valence-electron chi connectivity index (χ1n) is 8.22. The van der Waals surface area contributed by atoms with Crippen LogP contribution in [0.3, 0.4) is 0 Å². The van der Waals surface area contributed by atoms with Gasteiger partial charge in [0.05, 0.1) is 35.6 Å². The smallest absolute Gasteiger partial charge is 0.209 e. The fraction of sp³-hybridized carbons (Fsp3) is 0.105. The van der Waals surface area contributed by atoms with E-state index in [1.807, 2.05) is 48.0 Å². The minimum Gasteiger partial charge on any atom is -0.226 e. The van der Waals surface area contributed by atoms with E-state index in [4.69, 9.17) is 5.26 Å². The summed E-state index contributed by atoms with van der Waals surface area (Å²) in [5.74, 6) is 0.496. The molecule has 0 bridgehead atoms. The second-order valence-corrected chi connectivity index (χ2v) is 6.75. The third-order valence-electron chi connectivity index (χ3n) is 4.15. The topological polar surface area (TPSA) is 85.2 Å². The summed E-state index contributed by atoms with van der Waals surface area (Å²) in [6.07, 6.45) is 1.72. The van der Waals surface area contributed by atoms with Crippen LogP contribution >= 0.6 is 15.9 Å². The van der Waals surface area contributed by atoms with Gasteiger partial charge < -0.3 is 0 Å². The summed E-state index contributed by atoms with van der Waals surface area (Å²) in [6, 6.07) is 17.4. The Hall–Kier alpha value is -3.31. The zero-order valence-corrected chi connectivity index (χ0v) is 16.0. The van der Waals surface area contributed by atoms with Crippen molar-refractivity contribution < 1.29 is 0 Å². The number of hydrogen-bond acceptors (Lipinski definition) is 5. The molecule has 27 heavy (non-hydrogen) atoms. The molecule has 0 fully saturated rings. The molecule has 4 rings (SSSR count). The van der Waals surface area contributed by atoms with Crippen molar-refractivity contribution in [2.24, 2.45) is 0 Å². The van der Waals surface area contributed by atoms with Gasteiger partial charge in [-0.2, -0.15) is 15.2 Å². The Labute approximate surface area is 164 Å². The van der Waals surface area contributed by atoms with Crippen molar-refractivity contribution >= 4 is 15.9 Å².